The topological polar surface area (TPSA) is 78.4 Å². The first kappa shape index (κ1) is 16.5. The lowest BCUT2D eigenvalue weighted by atomic mass is 10.1. The summed E-state index contributed by atoms with van der Waals surface area (Å²) in [4.78, 5) is 21.8. The van der Waals surface area contributed by atoms with Gasteiger partial charge in [0.1, 0.15) is 0 Å². The van der Waals surface area contributed by atoms with Crippen molar-refractivity contribution in [2.75, 3.05) is 13.1 Å². The predicted molar refractivity (Wildman–Crippen MR) is 80.1 cm³/mol. The molecule has 0 aromatic carbocycles. The summed E-state index contributed by atoms with van der Waals surface area (Å²) < 4.78 is 0. The van der Waals surface area contributed by atoms with E-state index in [0.29, 0.717) is 19.5 Å². The molecule has 0 saturated heterocycles. The average Bonchev–Trinajstić information content (AvgIpc) is 2.90. The molecule has 1 aromatic heterocycles. The monoisotopic (exact) mass is 298 g/mol. The zero-order chi connectivity index (χ0) is 14.6. The van der Waals surface area contributed by atoms with Crippen LogP contribution in [0.25, 0.3) is 0 Å². The summed E-state index contributed by atoms with van der Waals surface area (Å²) in [6.45, 7) is 1.28. The molecule has 1 rings (SSSR count). The Morgan fingerprint density at radius 1 is 1.10 bits per heavy atom. The van der Waals surface area contributed by atoms with E-state index in [1.54, 1.807) is 11.3 Å². The van der Waals surface area contributed by atoms with Gasteiger partial charge in [0.15, 0.2) is 0 Å². The van der Waals surface area contributed by atoms with Crippen LogP contribution in [0.2, 0.25) is 0 Å². The average molecular weight is 298 g/mol. The van der Waals surface area contributed by atoms with E-state index < -0.39 is 5.97 Å². The van der Waals surface area contributed by atoms with Gasteiger partial charge in [0.2, 0.25) is 0 Å². The van der Waals surface area contributed by atoms with Crippen LogP contribution in [0.5, 0.6) is 0 Å². The number of hydrogen-bond donors (Lipinski definition) is 3. The first-order chi connectivity index (χ1) is 9.68. The second-order valence-electron chi connectivity index (χ2n) is 4.62. The molecule has 0 bridgehead atoms. The smallest absolute Gasteiger partial charge is 0.314 e. The predicted octanol–water partition coefficient (Wildman–Crippen LogP) is 2.62. The lowest BCUT2D eigenvalue weighted by molar-refractivity contribution is -0.137. The summed E-state index contributed by atoms with van der Waals surface area (Å²) in [7, 11) is 0. The molecule has 3 N–H and O–H groups in total. The van der Waals surface area contributed by atoms with Gasteiger partial charge < -0.3 is 15.7 Å². The van der Waals surface area contributed by atoms with E-state index in [4.69, 9.17) is 5.11 Å². The fraction of sp³-hybridized carbons (Fsp3) is 0.571. The number of carbonyl (C=O) groups is 2. The van der Waals surface area contributed by atoms with Gasteiger partial charge >= 0.3 is 12.0 Å². The highest BCUT2D eigenvalue weighted by atomic mass is 32.1. The van der Waals surface area contributed by atoms with E-state index in [1.807, 2.05) is 5.38 Å². The zero-order valence-electron chi connectivity index (χ0n) is 11.6. The van der Waals surface area contributed by atoms with Crippen molar-refractivity contribution in [3.05, 3.63) is 22.4 Å². The van der Waals surface area contributed by atoms with Crippen molar-refractivity contribution < 1.29 is 14.7 Å². The van der Waals surface area contributed by atoms with Crippen molar-refractivity contribution in [3.8, 4) is 0 Å². The van der Waals surface area contributed by atoms with Gasteiger partial charge in [-0.15, -0.1) is 0 Å². The molecule has 2 amide bonds. The minimum absolute atomic E-state index is 0.134. The maximum atomic E-state index is 11.5. The summed E-state index contributed by atoms with van der Waals surface area (Å²) in [5.74, 6) is -0.742. The minimum Gasteiger partial charge on any atom is -0.481 e. The Bertz CT molecular complexity index is 393. The second-order valence-corrected chi connectivity index (χ2v) is 5.40. The third-order valence-corrected chi connectivity index (χ3v) is 3.61. The molecule has 0 aliphatic heterocycles. The first-order valence-electron chi connectivity index (χ1n) is 6.93. The van der Waals surface area contributed by atoms with Gasteiger partial charge in [0, 0.05) is 19.5 Å². The molecule has 5 nitrogen and oxygen atoms in total. The Labute approximate surface area is 123 Å². The Morgan fingerprint density at radius 3 is 2.55 bits per heavy atom. The molecule has 0 aliphatic carbocycles. The van der Waals surface area contributed by atoms with Crippen molar-refractivity contribution >= 4 is 23.3 Å². The SMILES string of the molecule is O=C(O)CCCCCCNC(=O)NCCc1ccsc1. The van der Waals surface area contributed by atoms with Crippen LogP contribution in [0, 0.1) is 0 Å². The van der Waals surface area contributed by atoms with Gasteiger partial charge in [-0.25, -0.2) is 4.79 Å². The number of carboxylic acids is 1. The summed E-state index contributed by atoms with van der Waals surface area (Å²) in [5, 5.41) is 18.2. The fourth-order valence-electron chi connectivity index (χ4n) is 1.77. The van der Waals surface area contributed by atoms with E-state index in [9.17, 15) is 9.59 Å². The maximum Gasteiger partial charge on any atom is 0.314 e. The van der Waals surface area contributed by atoms with Crippen LogP contribution in [-0.4, -0.2) is 30.2 Å². The van der Waals surface area contributed by atoms with Crippen LogP contribution in [0.4, 0.5) is 4.79 Å². The lowest BCUT2D eigenvalue weighted by Crippen LogP contribution is -2.37. The third kappa shape index (κ3) is 8.53. The van der Waals surface area contributed by atoms with Crippen LogP contribution in [-0.2, 0) is 11.2 Å². The molecule has 0 unspecified atom stereocenters. The highest BCUT2D eigenvalue weighted by molar-refractivity contribution is 7.07. The number of unbranched alkanes of at least 4 members (excludes halogenated alkanes) is 3. The van der Waals surface area contributed by atoms with Crippen molar-refractivity contribution in [2.24, 2.45) is 0 Å². The van der Waals surface area contributed by atoms with E-state index in [1.165, 1.54) is 5.56 Å². The minimum atomic E-state index is -0.742. The van der Waals surface area contributed by atoms with Crippen LogP contribution < -0.4 is 10.6 Å². The maximum absolute atomic E-state index is 11.5. The van der Waals surface area contributed by atoms with Gasteiger partial charge in [-0.05, 0) is 41.7 Å². The molecule has 1 aromatic rings. The highest BCUT2D eigenvalue weighted by Crippen LogP contribution is 2.05. The van der Waals surface area contributed by atoms with E-state index in [0.717, 1.165) is 25.7 Å². The van der Waals surface area contributed by atoms with Crippen molar-refractivity contribution in [1.82, 2.24) is 10.6 Å². The van der Waals surface area contributed by atoms with Gasteiger partial charge in [0.25, 0.3) is 0 Å². The van der Waals surface area contributed by atoms with Gasteiger partial charge in [-0.2, -0.15) is 11.3 Å². The standard InChI is InChI=1S/C14H22N2O3S/c17-13(18)5-3-1-2-4-8-15-14(19)16-9-6-12-7-10-20-11-12/h7,10-11H,1-6,8-9H2,(H,17,18)(H2,15,16,19). The van der Waals surface area contributed by atoms with E-state index >= 15 is 0 Å². The Morgan fingerprint density at radius 2 is 1.85 bits per heavy atom. The van der Waals surface area contributed by atoms with Crippen LogP contribution in [0.15, 0.2) is 16.8 Å². The molecule has 0 radical (unpaired) electrons. The van der Waals surface area contributed by atoms with E-state index in [-0.39, 0.29) is 12.5 Å². The highest BCUT2D eigenvalue weighted by Gasteiger charge is 2.00. The van der Waals surface area contributed by atoms with Crippen molar-refractivity contribution in [1.29, 1.82) is 0 Å². The van der Waals surface area contributed by atoms with Gasteiger partial charge in [0.05, 0.1) is 0 Å². The molecule has 6 heteroatoms. The van der Waals surface area contributed by atoms with E-state index in [2.05, 4.69) is 22.1 Å². The van der Waals surface area contributed by atoms with Crippen LogP contribution in [0.3, 0.4) is 0 Å². The molecule has 0 fully saturated rings. The number of nitrogens with one attached hydrogen (secondary N) is 2. The number of amides is 2. The zero-order valence-corrected chi connectivity index (χ0v) is 12.4. The van der Waals surface area contributed by atoms with Crippen LogP contribution >= 0.6 is 11.3 Å². The Balaban J connectivity index is 1.88. The summed E-state index contributed by atoms with van der Waals surface area (Å²) >= 11 is 1.66. The largest absolute Gasteiger partial charge is 0.481 e. The first-order valence-corrected chi connectivity index (χ1v) is 7.87. The normalized spacial score (nSPS) is 10.2. The molecule has 20 heavy (non-hydrogen) atoms. The van der Waals surface area contributed by atoms with Crippen molar-refractivity contribution in [2.45, 2.75) is 38.5 Å². The number of urea groups is 1. The molecular formula is C14H22N2O3S. The van der Waals surface area contributed by atoms with Crippen LogP contribution in [0.1, 0.15) is 37.7 Å². The molecule has 1 heterocycles. The Hall–Kier alpha value is -1.56. The molecule has 112 valence electrons. The molecule has 0 saturated carbocycles. The van der Waals surface area contributed by atoms with Gasteiger partial charge in [-0.3, -0.25) is 4.79 Å². The molecular weight excluding hydrogens is 276 g/mol. The number of carboxylic acid groups (broad SMARTS) is 1. The number of rotatable bonds is 10. The number of aliphatic carboxylic acids is 1. The molecule has 0 spiro atoms. The number of thiophene rings is 1. The Kier molecular flexibility index (Phi) is 8.46. The summed E-state index contributed by atoms with van der Waals surface area (Å²) in [5.41, 5.74) is 1.24. The van der Waals surface area contributed by atoms with Gasteiger partial charge in [-0.1, -0.05) is 12.8 Å². The summed E-state index contributed by atoms with van der Waals surface area (Å²) in [6, 6.07) is 1.92. The lowest BCUT2D eigenvalue weighted by Gasteiger charge is -2.07. The summed E-state index contributed by atoms with van der Waals surface area (Å²) in [6.07, 6.45) is 4.53. The number of carbonyl (C=O) groups excluding carboxylic acids is 1. The fourth-order valence-corrected chi connectivity index (χ4v) is 2.48. The molecule has 0 atom stereocenters. The van der Waals surface area contributed by atoms with Crippen molar-refractivity contribution in [3.63, 3.8) is 0 Å². The third-order valence-electron chi connectivity index (χ3n) is 2.88. The second kappa shape index (κ2) is 10.3. The number of hydrogen-bond acceptors (Lipinski definition) is 3. The quantitative estimate of drug-likeness (QED) is 0.581. The molecule has 0 aliphatic rings.